The Balaban J connectivity index is 1.49. The molecule has 0 saturated heterocycles. The van der Waals surface area contributed by atoms with Crippen LogP contribution in [0.4, 0.5) is 22.0 Å². The monoisotopic (exact) mass is 412 g/mol. The molecule has 11 heteroatoms. The van der Waals surface area contributed by atoms with Crippen molar-refractivity contribution in [2.75, 3.05) is 11.1 Å². The standard InChI is InChI=1S/C18H17FN8OS/c1-10-13(7-8-28-10)15-25-26-18(27(15)2)29-9-14-22-16(20)24-17(23-14)21-12-5-3-11(19)4-6-12/h3-8H,9H2,1-2H3,(H3,20,21,22,23,24). The number of rotatable bonds is 6. The molecule has 0 radical (unpaired) electrons. The van der Waals surface area contributed by atoms with Crippen LogP contribution in [-0.2, 0) is 12.8 Å². The fraction of sp³-hybridized carbons (Fsp3) is 0.167. The molecule has 0 spiro atoms. The van der Waals surface area contributed by atoms with E-state index < -0.39 is 0 Å². The topological polar surface area (TPSA) is 121 Å². The van der Waals surface area contributed by atoms with Crippen LogP contribution in [0, 0.1) is 12.7 Å². The zero-order valence-electron chi connectivity index (χ0n) is 15.6. The highest BCUT2D eigenvalue weighted by Crippen LogP contribution is 2.27. The number of anilines is 3. The predicted molar refractivity (Wildman–Crippen MR) is 107 cm³/mol. The minimum atomic E-state index is -0.323. The molecule has 0 amide bonds. The maximum Gasteiger partial charge on any atom is 0.232 e. The van der Waals surface area contributed by atoms with E-state index in [2.05, 4.69) is 30.5 Å². The summed E-state index contributed by atoms with van der Waals surface area (Å²) in [7, 11) is 1.88. The molecule has 0 aliphatic heterocycles. The number of furan rings is 1. The lowest BCUT2D eigenvalue weighted by Crippen LogP contribution is -2.07. The van der Waals surface area contributed by atoms with Gasteiger partial charge in [0.15, 0.2) is 11.0 Å². The molecule has 3 N–H and O–H groups in total. The summed E-state index contributed by atoms with van der Waals surface area (Å²) in [6, 6.07) is 7.72. The highest BCUT2D eigenvalue weighted by Gasteiger charge is 2.15. The lowest BCUT2D eigenvalue weighted by molar-refractivity contribution is 0.534. The Kier molecular flexibility index (Phi) is 5.12. The summed E-state index contributed by atoms with van der Waals surface area (Å²) in [4.78, 5) is 12.6. The van der Waals surface area contributed by atoms with Crippen molar-refractivity contribution in [3.63, 3.8) is 0 Å². The number of halogens is 1. The number of nitrogens with two attached hydrogens (primary N) is 1. The van der Waals surface area contributed by atoms with Crippen LogP contribution in [0.1, 0.15) is 11.6 Å². The molecule has 9 nitrogen and oxygen atoms in total. The largest absolute Gasteiger partial charge is 0.469 e. The molecule has 0 atom stereocenters. The first-order valence-electron chi connectivity index (χ1n) is 8.59. The summed E-state index contributed by atoms with van der Waals surface area (Å²) in [5.74, 6) is 2.44. The van der Waals surface area contributed by atoms with Crippen LogP contribution in [0.25, 0.3) is 11.4 Å². The van der Waals surface area contributed by atoms with Crippen molar-refractivity contribution in [1.29, 1.82) is 0 Å². The van der Waals surface area contributed by atoms with E-state index >= 15 is 0 Å². The number of thioether (sulfide) groups is 1. The molecular weight excluding hydrogens is 395 g/mol. The first-order chi connectivity index (χ1) is 14.0. The molecule has 29 heavy (non-hydrogen) atoms. The van der Waals surface area contributed by atoms with E-state index in [1.54, 1.807) is 18.4 Å². The molecule has 4 aromatic rings. The molecule has 3 heterocycles. The van der Waals surface area contributed by atoms with E-state index in [9.17, 15) is 4.39 Å². The van der Waals surface area contributed by atoms with Crippen molar-refractivity contribution in [2.24, 2.45) is 7.05 Å². The van der Waals surface area contributed by atoms with Gasteiger partial charge >= 0.3 is 0 Å². The summed E-state index contributed by atoms with van der Waals surface area (Å²) >= 11 is 1.42. The molecule has 4 rings (SSSR count). The maximum absolute atomic E-state index is 13.1. The number of nitrogens with zero attached hydrogens (tertiary/aromatic N) is 6. The number of nitrogen functional groups attached to an aromatic ring is 1. The van der Waals surface area contributed by atoms with Gasteiger partial charge in [-0.3, -0.25) is 0 Å². The number of nitrogens with one attached hydrogen (secondary N) is 1. The van der Waals surface area contributed by atoms with Crippen LogP contribution in [0.15, 0.2) is 46.2 Å². The van der Waals surface area contributed by atoms with Gasteiger partial charge in [0.05, 0.1) is 17.6 Å². The fourth-order valence-electron chi connectivity index (χ4n) is 2.64. The number of aryl methyl sites for hydroxylation is 1. The van der Waals surface area contributed by atoms with Gasteiger partial charge in [0.25, 0.3) is 0 Å². The molecule has 3 aromatic heterocycles. The van der Waals surface area contributed by atoms with E-state index in [1.807, 2.05) is 24.6 Å². The van der Waals surface area contributed by atoms with Gasteiger partial charge in [0, 0.05) is 12.7 Å². The smallest absolute Gasteiger partial charge is 0.232 e. The van der Waals surface area contributed by atoms with E-state index in [0.29, 0.717) is 28.2 Å². The number of aromatic nitrogens is 6. The van der Waals surface area contributed by atoms with Crippen LogP contribution < -0.4 is 11.1 Å². The third kappa shape index (κ3) is 4.19. The number of benzene rings is 1. The van der Waals surface area contributed by atoms with E-state index in [-0.39, 0.29) is 17.7 Å². The zero-order chi connectivity index (χ0) is 20.4. The Labute approximate surface area is 169 Å². The average Bonchev–Trinajstić information content (AvgIpc) is 3.26. The Hall–Kier alpha value is -3.47. The van der Waals surface area contributed by atoms with Gasteiger partial charge in [-0.1, -0.05) is 11.8 Å². The van der Waals surface area contributed by atoms with Gasteiger partial charge in [0.1, 0.15) is 17.4 Å². The van der Waals surface area contributed by atoms with E-state index in [0.717, 1.165) is 11.3 Å². The average molecular weight is 412 g/mol. The van der Waals surface area contributed by atoms with Gasteiger partial charge in [-0.15, -0.1) is 10.2 Å². The van der Waals surface area contributed by atoms with Crippen molar-refractivity contribution < 1.29 is 8.81 Å². The Morgan fingerprint density at radius 3 is 2.66 bits per heavy atom. The van der Waals surface area contributed by atoms with Crippen molar-refractivity contribution in [1.82, 2.24) is 29.7 Å². The lowest BCUT2D eigenvalue weighted by atomic mass is 10.2. The van der Waals surface area contributed by atoms with Gasteiger partial charge in [0.2, 0.25) is 11.9 Å². The third-order valence-electron chi connectivity index (χ3n) is 4.06. The SMILES string of the molecule is Cc1occc1-c1nnc(SCc2nc(N)nc(Nc3ccc(F)cc3)n2)n1C. The van der Waals surface area contributed by atoms with Crippen molar-refractivity contribution in [3.8, 4) is 11.4 Å². The Bertz CT molecular complexity index is 1140. The highest BCUT2D eigenvalue weighted by atomic mass is 32.2. The van der Waals surface area contributed by atoms with Gasteiger partial charge in [-0.05, 0) is 37.3 Å². The zero-order valence-corrected chi connectivity index (χ0v) is 16.4. The van der Waals surface area contributed by atoms with Crippen molar-refractivity contribution in [2.45, 2.75) is 17.8 Å². The van der Waals surface area contributed by atoms with Gasteiger partial charge < -0.3 is 20.0 Å². The molecule has 0 aliphatic rings. The molecule has 0 aliphatic carbocycles. The Morgan fingerprint density at radius 2 is 1.93 bits per heavy atom. The van der Waals surface area contributed by atoms with Crippen LogP contribution in [-0.4, -0.2) is 29.7 Å². The summed E-state index contributed by atoms with van der Waals surface area (Å²) in [5, 5.41) is 12.2. The summed E-state index contributed by atoms with van der Waals surface area (Å²) in [6.07, 6.45) is 1.62. The highest BCUT2D eigenvalue weighted by molar-refractivity contribution is 7.98. The molecule has 1 aromatic carbocycles. The van der Waals surface area contributed by atoms with Crippen LogP contribution >= 0.6 is 11.8 Å². The van der Waals surface area contributed by atoms with Gasteiger partial charge in [-0.2, -0.15) is 15.0 Å². The third-order valence-corrected chi connectivity index (χ3v) is 5.08. The molecular formula is C18H17FN8OS. The molecule has 0 bridgehead atoms. The van der Waals surface area contributed by atoms with Gasteiger partial charge in [-0.25, -0.2) is 4.39 Å². The summed E-state index contributed by atoms with van der Waals surface area (Å²) in [5.41, 5.74) is 7.34. The number of hydrogen-bond acceptors (Lipinski definition) is 9. The normalized spacial score (nSPS) is 11.0. The van der Waals surface area contributed by atoms with Crippen molar-refractivity contribution in [3.05, 3.63) is 54.0 Å². The molecule has 0 fully saturated rings. The van der Waals surface area contributed by atoms with Crippen molar-refractivity contribution >= 4 is 29.3 Å². The second-order valence-electron chi connectivity index (χ2n) is 6.11. The minimum Gasteiger partial charge on any atom is -0.469 e. The predicted octanol–water partition coefficient (Wildman–Crippen LogP) is 3.33. The van der Waals surface area contributed by atoms with Crippen LogP contribution in [0.2, 0.25) is 0 Å². The minimum absolute atomic E-state index is 0.0906. The van der Waals surface area contributed by atoms with E-state index in [4.69, 9.17) is 10.2 Å². The first-order valence-corrected chi connectivity index (χ1v) is 9.58. The summed E-state index contributed by atoms with van der Waals surface area (Å²) < 4.78 is 20.3. The molecule has 0 unspecified atom stereocenters. The van der Waals surface area contributed by atoms with E-state index in [1.165, 1.54) is 23.9 Å². The quantitative estimate of drug-likeness (QED) is 0.459. The maximum atomic E-state index is 13.1. The lowest BCUT2D eigenvalue weighted by Gasteiger charge is -2.07. The number of hydrogen-bond donors (Lipinski definition) is 2. The Morgan fingerprint density at radius 1 is 1.14 bits per heavy atom. The second kappa shape index (κ2) is 7.87. The molecule has 0 saturated carbocycles. The summed E-state index contributed by atoms with van der Waals surface area (Å²) in [6.45, 7) is 1.88. The first kappa shape index (κ1) is 18.9. The fourth-order valence-corrected chi connectivity index (χ4v) is 3.41. The second-order valence-corrected chi connectivity index (χ2v) is 7.05. The molecule has 148 valence electrons. The van der Waals surface area contributed by atoms with Crippen LogP contribution in [0.5, 0.6) is 0 Å². The van der Waals surface area contributed by atoms with Crippen LogP contribution in [0.3, 0.4) is 0 Å².